The van der Waals surface area contributed by atoms with Gasteiger partial charge in [0.2, 0.25) is 0 Å². The van der Waals surface area contributed by atoms with Crippen LogP contribution in [0.25, 0.3) is 11.3 Å². The van der Waals surface area contributed by atoms with Gasteiger partial charge in [0.15, 0.2) is 0 Å². The molecule has 18 heavy (non-hydrogen) atoms. The van der Waals surface area contributed by atoms with Crippen LogP contribution in [0, 0.1) is 6.92 Å². The molecule has 1 N–H and O–H groups in total. The van der Waals surface area contributed by atoms with Crippen molar-refractivity contribution in [1.29, 1.82) is 0 Å². The van der Waals surface area contributed by atoms with E-state index in [0.717, 1.165) is 12.0 Å². The summed E-state index contributed by atoms with van der Waals surface area (Å²) < 4.78 is 5.50. The van der Waals surface area contributed by atoms with Crippen LogP contribution in [-0.4, -0.2) is 21.6 Å². The van der Waals surface area contributed by atoms with Gasteiger partial charge in [-0.3, -0.25) is 9.78 Å². The molecule has 2 aromatic heterocycles. The fourth-order valence-electron chi connectivity index (χ4n) is 1.59. The zero-order valence-electron chi connectivity index (χ0n) is 10.4. The van der Waals surface area contributed by atoms with E-state index in [1.165, 1.54) is 6.07 Å². The number of nitrogens with one attached hydrogen (secondary N) is 1. The number of hydrogen-bond acceptors (Lipinski definition) is 4. The third-order valence-electron chi connectivity index (χ3n) is 2.34. The minimum Gasteiger partial charge on any atom is -0.492 e. The molecular weight excluding hydrogens is 230 g/mol. The summed E-state index contributed by atoms with van der Waals surface area (Å²) in [6, 6.07) is 3.29. The number of ether oxygens (including phenoxy) is 1. The SMILES string of the molecule is CCCOc1cncc(-c2cc(=O)[nH]c(C)n2)c1. The van der Waals surface area contributed by atoms with E-state index in [1.807, 2.05) is 13.0 Å². The largest absolute Gasteiger partial charge is 0.492 e. The molecule has 2 rings (SSSR count). The lowest BCUT2D eigenvalue weighted by Gasteiger charge is -2.06. The summed E-state index contributed by atoms with van der Waals surface area (Å²) in [4.78, 5) is 22.4. The molecule has 0 radical (unpaired) electrons. The molecule has 0 fully saturated rings. The highest BCUT2D eigenvalue weighted by molar-refractivity contribution is 5.59. The van der Waals surface area contributed by atoms with Crippen LogP contribution in [0.1, 0.15) is 19.2 Å². The highest BCUT2D eigenvalue weighted by Crippen LogP contribution is 2.19. The summed E-state index contributed by atoms with van der Waals surface area (Å²) in [5.74, 6) is 1.27. The minimum atomic E-state index is -0.169. The van der Waals surface area contributed by atoms with Crippen LogP contribution in [0.2, 0.25) is 0 Å². The van der Waals surface area contributed by atoms with Crippen LogP contribution in [0.15, 0.2) is 29.3 Å². The Hall–Kier alpha value is -2.17. The normalized spacial score (nSPS) is 10.3. The van der Waals surface area contributed by atoms with Crippen LogP contribution in [0.5, 0.6) is 5.75 Å². The number of rotatable bonds is 4. The fraction of sp³-hybridized carbons (Fsp3) is 0.308. The molecule has 0 bridgehead atoms. The summed E-state index contributed by atoms with van der Waals surface area (Å²) in [6.07, 6.45) is 4.26. The molecule has 5 heteroatoms. The van der Waals surface area contributed by atoms with E-state index >= 15 is 0 Å². The topological polar surface area (TPSA) is 67.9 Å². The van der Waals surface area contributed by atoms with Gasteiger partial charge in [0, 0.05) is 17.8 Å². The Kier molecular flexibility index (Phi) is 3.72. The van der Waals surface area contributed by atoms with Crippen molar-refractivity contribution in [2.75, 3.05) is 6.61 Å². The van der Waals surface area contributed by atoms with Gasteiger partial charge in [-0.05, 0) is 19.4 Å². The minimum absolute atomic E-state index is 0.169. The molecule has 2 heterocycles. The standard InChI is InChI=1S/C13H15N3O2/c1-3-4-18-11-5-10(7-14-8-11)12-6-13(17)16-9(2)15-12/h5-8H,3-4H2,1-2H3,(H,15,16,17). The van der Waals surface area contributed by atoms with E-state index in [4.69, 9.17) is 4.74 Å². The second-order valence-electron chi connectivity index (χ2n) is 3.97. The highest BCUT2D eigenvalue weighted by Gasteiger charge is 2.04. The predicted octanol–water partition coefficient (Wildman–Crippen LogP) is 1.93. The Bertz CT molecular complexity index is 593. The van der Waals surface area contributed by atoms with Gasteiger partial charge in [-0.25, -0.2) is 4.98 Å². The Balaban J connectivity index is 2.35. The number of aryl methyl sites for hydroxylation is 1. The number of H-pyrrole nitrogens is 1. The second-order valence-corrected chi connectivity index (χ2v) is 3.97. The van der Waals surface area contributed by atoms with E-state index in [-0.39, 0.29) is 5.56 Å². The van der Waals surface area contributed by atoms with Crippen molar-refractivity contribution in [1.82, 2.24) is 15.0 Å². The van der Waals surface area contributed by atoms with E-state index in [9.17, 15) is 4.79 Å². The molecule has 0 aliphatic heterocycles. The molecule has 0 saturated carbocycles. The van der Waals surface area contributed by atoms with Gasteiger partial charge in [-0.1, -0.05) is 6.92 Å². The number of nitrogens with zero attached hydrogens (tertiary/aromatic N) is 2. The maximum absolute atomic E-state index is 11.4. The summed E-state index contributed by atoms with van der Waals surface area (Å²) in [6.45, 7) is 4.43. The lowest BCUT2D eigenvalue weighted by Crippen LogP contribution is -2.08. The first-order valence-corrected chi connectivity index (χ1v) is 5.85. The van der Waals surface area contributed by atoms with Crippen LogP contribution in [0.3, 0.4) is 0 Å². The molecule has 0 spiro atoms. The molecule has 0 amide bonds. The fourth-order valence-corrected chi connectivity index (χ4v) is 1.59. The third kappa shape index (κ3) is 2.94. The Morgan fingerprint density at radius 2 is 2.17 bits per heavy atom. The number of aromatic nitrogens is 3. The highest BCUT2D eigenvalue weighted by atomic mass is 16.5. The first-order valence-electron chi connectivity index (χ1n) is 5.85. The van der Waals surface area contributed by atoms with Crippen LogP contribution < -0.4 is 10.3 Å². The lowest BCUT2D eigenvalue weighted by molar-refractivity contribution is 0.316. The summed E-state index contributed by atoms with van der Waals surface area (Å²) >= 11 is 0. The maximum atomic E-state index is 11.4. The van der Waals surface area contributed by atoms with E-state index in [1.54, 1.807) is 19.3 Å². The van der Waals surface area contributed by atoms with Crippen LogP contribution >= 0.6 is 0 Å². The van der Waals surface area contributed by atoms with Crippen molar-refractivity contribution in [3.8, 4) is 17.0 Å². The van der Waals surface area contributed by atoms with Gasteiger partial charge in [0.25, 0.3) is 5.56 Å². The van der Waals surface area contributed by atoms with E-state index in [0.29, 0.717) is 23.9 Å². The van der Waals surface area contributed by atoms with Gasteiger partial charge >= 0.3 is 0 Å². The first-order chi connectivity index (χ1) is 8.69. The molecule has 2 aromatic rings. The number of pyridine rings is 1. The van der Waals surface area contributed by atoms with Crippen molar-refractivity contribution in [2.45, 2.75) is 20.3 Å². The van der Waals surface area contributed by atoms with Gasteiger partial charge < -0.3 is 9.72 Å². The van der Waals surface area contributed by atoms with Crippen molar-refractivity contribution in [2.24, 2.45) is 0 Å². The zero-order valence-corrected chi connectivity index (χ0v) is 10.4. The number of hydrogen-bond donors (Lipinski definition) is 1. The van der Waals surface area contributed by atoms with Crippen LogP contribution in [-0.2, 0) is 0 Å². The third-order valence-corrected chi connectivity index (χ3v) is 2.34. The molecular formula is C13H15N3O2. The van der Waals surface area contributed by atoms with Crippen LogP contribution in [0.4, 0.5) is 0 Å². The molecule has 0 atom stereocenters. The molecule has 0 aliphatic carbocycles. The van der Waals surface area contributed by atoms with E-state index < -0.39 is 0 Å². The molecule has 0 unspecified atom stereocenters. The molecule has 0 saturated heterocycles. The molecule has 0 aromatic carbocycles. The second kappa shape index (κ2) is 5.44. The number of aromatic amines is 1. The Labute approximate surface area is 105 Å². The molecule has 5 nitrogen and oxygen atoms in total. The summed E-state index contributed by atoms with van der Waals surface area (Å²) in [5, 5.41) is 0. The quantitative estimate of drug-likeness (QED) is 0.893. The Morgan fingerprint density at radius 3 is 2.89 bits per heavy atom. The van der Waals surface area contributed by atoms with Gasteiger partial charge in [0.05, 0.1) is 18.5 Å². The van der Waals surface area contributed by atoms with Crippen molar-refractivity contribution < 1.29 is 4.74 Å². The zero-order chi connectivity index (χ0) is 13.0. The summed E-state index contributed by atoms with van der Waals surface area (Å²) in [5.41, 5.74) is 1.21. The van der Waals surface area contributed by atoms with Crippen molar-refractivity contribution in [3.63, 3.8) is 0 Å². The monoisotopic (exact) mass is 245 g/mol. The summed E-state index contributed by atoms with van der Waals surface area (Å²) in [7, 11) is 0. The van der Waals surface area contributed by atoms with Gasteiger partial charge in [0.1, 0.15) is 11.6 Å². The van der Waals surface area contributed by atoms with Gasteiger partial charge in [-0.15, -0.1) is 0 Å². The maximum Gasteiger partial charge on any atom is 0.251 e. The average Bonchev–Trinajstić information content (AvgIpc) is 2.35. The molecule has 0 aliphatic rings. The van der Waals surface area contributed by atoms with Crippen molar-refractivity contribution in [3.05, 3.63) is 40.7 Å². The smallest absolute Gasteiger partial charge is 0.251 e. The Morgan fingerprint density at radius 1 is 1.33 bits per heavy atom. The van der Waals surface area contributed by atoms with Crippen molar-refractivity contribution >= 4 is 0 Å². The average molecular weight is 245 g/mol. The molecule has 94 valence electrons. The first kappa shape index (κ1) is 12.3. The van der Waals surface area contributed by atoms with Gasteiger partial charge in [-0.2, -0.15) is 0 Å². The predicted molar refractivity (Wildman–Crippen MR) is 68.6 cm³/mol. The lowest BCUT2D eigenvalue weighted by atomic mass is 10.2. The van der Waals surface area contributed by atoms with E-state index in [2.05, 4.69) is 15.0 Å².